The van der Waals surface area contributed by atoms with Crippen LogP contribution < -0.4 is 4.74 Å². The van der Waals surface area contributed by atoms with Crippen molar-refractivity contribution in [3.63, 3.8) is 0 Å². The fourth-order valence-corrected chi connectivity index (χ4v) is 3.14. The Morgan fingerprint density at radius 2 is 2.00 bits per heavy atom. The van der Waals surface area contributed by atoms with E-state index in [1.807, 2.05) is 43.0 Å². The molecule has 1 aromatic heterocycles. The Bertz CT molecular complexity index is 746. The summed E-state index contributed by atoms with van der Waals surface area (Å²) in [4.78, 5) is 22.2. The van der Waals surface area contributed by atoms with Crippen LogP contribution in [0.15, 0.2) is 30.3 Å². The Kier molecular flexibility index (Phi) is 5.28. The summed E-state index contributed by atoms with van der Waals surface area (Å²) in [6.45, 7) is 4.69. The van der Waals surface area contributed by atoms with Crippen LogP contribution in [0.25, 0.3) is 0 Å². The first-order valence-corrected chi connectivity index (χ1v) is 8.57. The van der Waals surface area contributed by atoms with Crippen molar-refractivity contribution < 1.29 is 14.6 Å². The van der Waals surface area contributed by atoms with Crippen LogP contribution in [0.2, 0.25) is 0 Å². The third-order valence-corrected chi connectivity index (χ3v) is 4.34. The van der Waals surface area contributed by atoms with Crippen molar-refractivity contribution in [2.24, 2.45) is 0 Å². The predicted molar refractivity (Wildman–Crippen MR) is 93.8 cm³/mol. The van der Waals surface area contributed by atoms with Crippen molar-refractivity contribution >= 4 is 5.97 Å². The molecule has 132 valence electrons. The van der Waals surface area contributed by atoms with Crippen LogP contribution >= 0.6 is 0 Å². The molecule has 0 bridgehead atoms. The molecule has 1 atom stereocenters. The number of likely N-dealkylation sites (tertiary alicyclic amines) is 1. The summed E-state index contributed by atoms with van der Waals surface area (Å²) in [5, 5.41) is 9.15. The SMILES string of the molecule is Cc1ccc(Oc2cc(C)nc(C3CCCCN3CC(=O)O)n2)cc1. The Labute approximate surface area is 147 Å². The number of ether oxygens (including phenoxy) is 1. The van der Waals surface area contributed by atoms with Gasteiger partial charge in [0.15, 0.2) is 0 Å². The predicted octanol–water partition coefficient (Wildman–Crippen LogP) is 3.50. The lowest BCUT2D eigenvalue weighted by Crippen LogP contribution is -2.38. The Morgan fingerprint density at radius 3 is 2.72 bits per heavy atom. The van der Waals surface area contributed by atoms with Gasteiger partial charge in [0, 0.05) is 11.8 Å². The van der Waals surface area contributed by atoms with Crippen molar-refractivity contribution in [3.05, 3.63) is 47.4 Å². The van der Waals surface area contributed by atoms with E-state index in [-0.39, 0.29) is 12.6 Å². The fourth-order valence-electron chi connectivity index (χ4n) is 3.14. The maximum Gasteiger partial charge on any atom is 0.317 e. The molecule has 2 heterocycles. The number of carboxylic acid groups (broad SMARTS) is 1. The number of rotatable bonds is 5. The number of hydrogen-bond acceptors (Lipinski definition) is 5. The van der Waals surface area contributed by atoms with Crippen molar-refractivity contribution in [3.8, 4) is 11.6 Å². The van der Waals surface area contributed by atoms with Gasteiger partial charge in [0.25, 0.3) is 0 Å². The monoisotopic (exact) mass is 341 g/mol. The number of piperidine rings is 1. The highest BCUT2D eigenvalue weighted by atomic mass is 16.5. The largest absolute Gasteiger partial charge is 0.480 e. The van der Waals surface area contributed by atoms with Crippen LogP contribution in [0.1, 0.15) is 42.4 Å². The normalized spacial score (nSPS) is 18.1. The van der Waals surface area contributed by atoms with Gasteiger partial charge in [-0.2, -0.15) is 4.98 Å². The lowest BCUT2D eigenvalue weighted by molar-refractivity contribution is -0.139. The van der Waals surface area contributed by atoms with Gasteiger partial charge in [-0.15, -0.1) is 0 Å². The molecule has 25 heavy (non-hydrogen) atoms. The van der Waals surface area contributed by atoms with Crippen LogP contribution in [0.3, 0.4) is 0 Å². The summed E-state index contributed by atoms with van der Waals surface area (Å²) in [7, 11) is 0. The minimum absolute atomic E-state index is 0.0100. The Hall–Kier alpha value is -2.47. The highest BCUT2D eigenvalue weighted by molar-refractivity contribution is 5.69. The molecule has 0 amide bonds. The Morgan fingerprint density at radius 1 is 1.24 bits per heavy atom. The molecule has 1 aromatic carbocycles. The first-order valence-electron chi connectivity index (χ1n) is 8.57. The number of carboxylic acids is 1. The van der Waals surface area contributed by atoms with Crippen LogP contribution in [0.5, 0.6) is 11.6 Å². The van der Waals surface area contributed by atoms with Gasteiger partial charge in [0.1, 0.15) is 11.6 Å². The van der Waals surface area contributed by atoms with Gasteiger partial charge < -0.3 is 9.84 Å². The van der Waals surface area contributed by atoms with Gasteiger partial charge in [-0.25, -0.2) is 4.98 Å². The van der Waals surface area contributed by atoms with Crippen molar-refractivity contribution in [2.45, 2.75) is 39.2 Å². The van der Waals surface area contributed by atoms with Crippen molar-refractivity contribution in [1.82, 2.24) is 14.9 Å². The van der Waals surface area contributed by atoms with E-state index in [4.69, 9.17) is 9.84 Å². The van der Waals surface area contributed by atoms with E-state index in [1.54, 1.807) is 6.07 Å². The molecule has 3 rings (SSSR count). The van der Waals surface area contributed by atoms with Crippen LogP contribution in [0.4, 0.5) is 0 Å². The van der Waals surface area contributed by atoms with Gasteiger partial charge in [-0.05, 0) is 45.4 Å². The maximum atomic E-state index is 11.1. The molecule has 6 heteroatoms. The third-order valence-electron chi connectivity index (χ3n) is 4.34. The zero-order valence-corrected chi connectivity index (χ0v) is 14.6. The average molecular weight is 341 g/mol. The quantitative estimate of drug-likeness (QED) is 0.897. The number of aryl methyl sites for hydroxylation is 2. The maximum absolute atomic E-state index is 11.1. The van der Waals surface area contributed by atoms with Gasteiger partial charge in [0.05, 0.1) is 12.6 Å². The van der Waals surface area contributed by atoms with E-state index < -0.39 is 5.97 Å². The molecule has 2 aromatic rings. The first kappa shape index (κ1) is 17.4. The van der Waals surface area contributed by atoms with Crippen LogP contribution in [-0.4, -0.2) is 39.0 Å². The second kappa shape index (κ2) is 7.61. The van der Waals surface area contributed by atoms with E-state index in [0.29, 0.717) is 11.7 Å². The number of benzene rings is 1. The molecule has 0 saturated carbocycles. The fraction of sp³-hybridized carbons (Fsp3) is 0.421. The van der Waals surface area contributed by atoms with Gasteiger partial charge in [-0.3, -0.25) is 9.69 Å². The summed E-state index contributed by atoms with van der Waals surface area (Å²) in [5.74, 6) is 1.03. The summed E-state index contributed by atoms with van der Waals surface area (Å²) < 4.78 is 5.88. The number of aliphatic carboxylic acids is 1. The molecular formula is C19H23N3O3. The lowest BCUT2D eigenvalue weighted by atomic mass is 10.0. The molecule has 0 radical (unpaired) electrons. The average Bonchev–Trinajstić information content (AvgIpc) is 2.56. The molecule has 1 N–H and O–H groups in total. The number of nitrogens with zero attached hydrogens (tertiary/aromatic N) is 3. The van der Waals surface area contributed by atoms with Crippen molar-refractivity contribution in [2.75, 3.05) is 13.1 Å². The molecule has 1 saturated heterocycles. The molecule has 6 nitrogen and oxygen atoms in total. The summed E-state index contributed by atoms with van der Waals surface area (Å²) >= 11 is 0. The molecule has 1 fully saturated rings. The molecule has 1 unspecified atom stereocenters. The summed E-state index contributed by atoms with van der Waals surface area (Å²) in [5.41, 5.74) is 1.98. The Balaban J connectivity index is 1.84. The number of hydrogen-bond donors (Lipinski definition) is 1. The molecular weight excluding hydrogens is 318 g/mol. The zero-order chi connectivity index (χ0) is 17.8. The van der Waals surface area contributed by atoms with E-state index in [1.165, 1.54) is 5.56 Å². The van der Waals surface area contributed by atoms with Gasteiger partial charge >= 0.3 is 5.97 Å². The second-order valence-electron chi connectivity index (χ2n) is 6.50. The van der Waals surface area contributed by atoms with E-state index in [2.05, 4.69) is 9.97 Å². The molecule has 1 aliphatic heterocycles. The molecule has 1 aliphatic rings. The first-order chi connectivity index (χ1) is 12.0. The van der Waals surface area contributed by atoms with E-state index >= 15 is 0 Å². The minimum Gasteiger partial charge on any atom is -0.480 e. The standard InChI is InChI=1S/C19H23N3O3/c1-13-6-8-15(9-7-13)25-17-11-14(2)20-19(21-17)16-5-3-4-10-22(16)12-18(23)24/h6-9,11,16H,3-5,10,12H2,1-2H3,(H,23,24). The molecule has 0 aliphatic carbocycles. The topological polar surface area (TPSA) is 75.5 Å². The minimum atomic E-state index is -0.823. The van der Waals surface area contributed by atoms with E-state index in [9.17, 15) is 4.79 Å². The zero-order valence-electron chi connectivity index (χ0n) is 14.6. The second-order valence-corrected chi connectivity index (χ2v) is 6.50. The summed E-state index contributed by atoms with van der Waals surface area (Å²) in [6, 6.07) is 9.51. The van der Waals surface area contributed by atoms with E-state index in [0.717, 1.165) is 37.3 Å². The molecule has 0 spiro atoms. The van der Waals surface area contributed by atoms with Crippen molar-refractivity contribution in [1.29, 1.82) is 0 Å². The smallest absolute Gasteiger partial charge is 0.317 e. The number of carbonyl (C=O) groups is 1. The van der Waals surface area contributed by atoms with Gasteiger partial charge in [-0.1, -0.05) is 24.1 Å². The highest BCUT2D eigenvalue weighted by Gasteiger charge is 2.28. The highest BCUT2D eigenvalue weighted by Crippen LogP contribution is 2.30. The lowest BCUT2D eigenvalue weighted by Gasteiger charge is -2.33. The van der Waals surface area contributed by atoms with Crippen LogP contribution in [-0.2, 0) is 4.79 Å². The van der Waals surface area contributed by atoms with Crippen LogP contribution in [0, 0.1) is 13.8 Å². The number of aromatic nitrogens is 2. The van der Waals surface area contributed by atoms with Gasteiger partial charge in [0.2, 0.25) is 5.88 Å². The summed E-state index contributed by atoms with van der Waals surface area (Å²) in [6.07, 6.45) is 2.91. The third kappa shape index (κ3) is 4.54.